The van der Waals surface area contributed by atoms with Crippen LogP contribution in [0, 0.1) is 10.5 Å². The van der Waals surface area contributed by atoms with Crippen LogP contribution in [0.4, 0.5) is 0 Å². The molecule has 0 aliphatic carbocycles. The molecule has 0 bridgehead atoms. The van der Waals surface area contributed by atoms with Gasteiger partial charge in [-0.3, -0.25) is 0 Å². The van der Waals surface area contributed by atoms with Gasteiger partial charge in [0.1, 0.15) is 0 Å². The smallest absolute Gasteiger partial charge is 0.0133 e. The van der Waals surface area contributed by atoms with Gasteiger partial charge in [-0.2, -0.15) is 0 Å². The Morgan fingerprint density at radius 3 is 2.64 bits per heavy atom. The van der Waals surface area contributed by atoms with Gasteiger partial charge in [-0.25, -0.2) is 0 Å². The van der Waals surface area contributed by atoms with Crippen LogP contribution in [0.25, 0.3) is 0 Å². The van der Waals surface area contributed by atoms with Crippen LogP contribution in [0.15, 0.2) is 18.2 Å². The van der Waals surface area contributed by atoms with Crippen molar-refractivity contribution < 1.29 is 0 Å². The zero-order chi connectivity index (χ0) is 8.27. The van der Waals surface area contributed by atoms with Crippen molar-refractivity contribution in [3.63, 3.8) is 0 Å². The highest BCUT2D eigenvalue weighted by molar-refractivity contribution is 14.1. The van der Waals surface area contributed by atoms with Crippen molar-refractivity contribution in [2.24, 2.45) is 0 Å². The van der Waals surface area contributed by atoms with Gasteiger partial charge in [0.15, 0.2) is 0 Å². The van der Waals surface area contributed by atoms with E-state index in [4.69, 9.17) is 0 Å². The lowest BCUT2D eigenvalue weighted by Crippen LogP contribution is -1.88. The van der Waals surface area contributed by atoms with Crippen molar-refractivity contribution in [2.75, 3.05) is 0 Å². The van der Waals surface area contributed by atoms with Crippen molar-refractivity contribution >= 4 is 22.6 Å². The Hall–Kier alpha value is -0.0500. The number of hydrogen-bond donors (Lipinski definition) is 0. The Bertz CT molecular complexity index is 241. The van der Waals surface area contributed by atoms with E-state index >= 15 is 0 Å². The summed E-state index contributed by atoms with van der Waals surface area (Å²) in [5, 5.41) is 0. The Morgan fingerprint density at radius 2 is 2.09 bits per heavy atom. The first-order chi connectivity index (χ1) is 5.24. The zero-order valence-corrected chi connectivity index (χ0v) is 9.18. The zero-order valence-electron chi connectivity index (χ0n) is 7.02. The average Bonchev–Trinajstić information content (AvgIpc) is 1.95. The molecule has 1 aromatic carbocycles. The molecule has 60 valence electrons. The molecule has 0 heterocycles. The van der Waals surface area contributed by atoms with E-state index in [-0.39, 0.29) is 0 Å². The summed E-state index contributed by atoms with van der Waals surface area (Å²) in [6.07, 6.45) is 2.45. The van der Waals surface area contributed by atoms with Crippen LogP contribution in [-0.2, 0) is 6.42 Å². The fourth-order valence-electron chi connectivity index (χ4n) is 1.21. The molecule has 0 aliphatic heterocycles. The summed E-state index contributed by atoms with van der Waals surface area (Å²) in [4.78, 5) is 0. The summed E-state index contributed by atoms with van der Waals surface area (Å²) >= 11 is 2.35. The first-order valence-corrected chi connectivity index (χ1v) is 5.07. The molecule has 0 saturated carbocycles. The van der Waals surface area contributed by atoms with Gasteiger partial charge in [0, 0.05) is 3.57 Å². The normalized spacial score (nSPS) is 10.1. The van der Waals surface area contributed by atoms with Crippen molar-refractivity contribution in [3.05, 3.63) is 32.9 Å². The van der Waals surface area contributed by atoms with Gasteiger partial charge in [-0.1, -0.05) is 19.4 Å². The fraction of sp³-hybridized carbons (Fsp3) is 0.400. The molecule has 0 aliphatic rings. The SMILES string of the molecule is CCCc1ccc(I)cc1C. The third-order valence-electron chi connectivity index (χ3n) is 1.82. The van der Waals surface area contributed by atoms with Gasteiger partial charge in [-0.15, -0.1) is 0 Å². The Labute approximate surface area is 82.2 Å². The van der Waals surface area contributed by atoms with Crippen molar-refractivity contribution in [2.45, 2.75) is 26.7 Å². The monoisotopic (exact) mass is 260 g/mol. The van der Waals surface area contributed by atoms with Crippen molar-refractivity contribution in [3.8, 4) is 0 Å². The van der Waals surface area contributed by atoms with E-state index in [9.17, 15) is 0 Å². The molecule has 0 atom stereocenters. The Kier molecular flexibility index (Phi) is 3.37. The van der Waals surface area contributed by atoms with E-state index < -0.39 is 0 Å². The third-order valence-corrected chi connectivity index (χ3v) is 2.49. The number of rotatable bonds is 2. The predicted molar refractivity (Wildman–Crippen MR) is 57.9 cm³/mol. The molecule has 0 N–H and O–H groups in total. The van der Waals surface area contributed by atoms with Crippen LogP contribution in [-0.4, -0.2) is 0 Å². The summed E-state index contributed by atoms with van der Waals surface area (Å²) in [5.74, 6) is 0. The molecule has 0 radical (unpaired) electrons. The van der Waals surface area contributed by atoms with Crippen LogP contribution in [0.5, 0.6) is 0 Å². The van der Waals surface area contributed by atoms with E-state index in [1.54, 1.807) is 0 Å². The van der Waals surface area contributed by atoms with Gasteiger partial charge in [0.05, 0.1) is 0 Å². The van der Waals surface area contributed by atoms with Crippen LogP contribution >= 0.6 is 22.6 Å². The highest BCUT2D eigenvalue weighted by atomic mass is 127. The van der Waals surface area contributed by atoms with E-state index in [1.807, 2.05) is 0 Å². The van der Waals surface area contributed by atoms with Gasteiger partial charge >= 0.3 is 0 Å². The molecule has 1 heteroatoms. The second kappa shape index (κ2) is 4.10. The number of halogens is 1. The molecule has 0 fully saturated rings. The van der Waals surface area contributed by atoms with E-state index in [0.717, 1.165) is 0 Å². The minimum absolute atomic E-state index is 1.21. The minimum atomic E-state index is 1.21. The number of benzene rings is 1. The predicted octanol–water partition coefficient (Wildman–Crippen LogP) is 3.55. The molecule has 0 nitrogen and oxygen atoms in total. The molecule has 11 heavy (non-hydrogen) atoms. The molecule has 0 unspecified atom stereocenters. The van der Waals surface area contributed by atoms with E-state index in [1.165, 1.54) is 27.5 Å². The quantitative estimate of drug-likeness (QED) is 0.713. The summed E-state index contributed by atoms with van der Waals surface area (Å²) in [7, 11) is 0. The molecular weight excluding hydrogens is 247 g/mol. The lowest BCUT2D eigenvalue weighted by atomic mass is 10.1. The summed E-state index contributed by atoms with van der Waals surface area (Å²) < 4.78 is 1.33. The summed E-state index contributed by atoms with van der Waals surface area (Å²) in [5.41, 5.74) is 2.92. The number of aryl methyl sites for hydroxylation is 2. The first kappa shape index (κ1) is 9.04. The van der Waals surface area contributed by atoms with Crippen LogP contribution in [0.1, 0.15) is 24.5 Å². The van der Waals surface area contributed by atoms with Gasteiger partial charge in [-0.05, 0) is 59.2 Å². The topological polar surface area (TPSA) is 0 Å². The maximum atomic E-state index is 2.35. The minimum Gasteiger partial charge on any atom is -0.0651 e. The van der Waals surface area contributed by atoms with E-state index in [2.05, 4.69) is 54.6 Å². The third kappa shape index (κ3) is 2.47. The standard InChI is InChI=1S/C10H13I/c1-3-4-9-5-6-10(11)7-8(9)2/h5-7H,3-4H2,1-2H3. The second-order valence-electron chi connectivity index (χ2n) is 2.82. The van der Waals surface area contributed by atoms with Crippen molar-refractivity contribution in [1.82, 2.24) is 0 Å². The summed E-state index contributed by atoms with van der Waals surface area (Å²) in [6.45, 7) is 4.41. The summed E-state index contributed by atoms with van der Waals surface area (Å²) in [6, 6.07) is 6.66. The molecule has 1 aromatic rings. The van der Waals surface area contributed by atoms with Crippen LogP contribution in [0.3, 0.4) is 0 Å². The van der Waals surface area contributed by atoms with Gasteiger partial charge < -0.3 is 0 Å². The van der Waals surface area contributed by atoms with Gasteiger partial charge in [0.2, 0.25) is 0 Å². The molecule has 1 rings (SSSR count). The lowest BCUT2D eigenvalue weighted by Gasteiger charge is -2.03. The van der Waals surface area contributed by atoms with Crippen molar-refractivity contribution in [1.29, 1.82) is 0 Å². The molecule has 0 aromatic heterocycles. The van der Waals surface area contributed by atoms with E-state index in [0.29, 0.717) is 0 Å². The Balaban J connectivity index is 2.90. The second-order valence-corrected chi connectivity index (χ2v) is 4.07. The Morgan fingerprint density at radius 1 is 1.36 bits per heavy atom. The molecule has 0 amide bonds. The maximum absolute atomic E-state index is 2.35. The lowest BCUT2D eigenvalue weighted by molar-refractivity contribution is 0.912. The van der Waals surface area contributed by atoms with Crippen LogP contribution < -0.4 is 0 Å². The largest absolute Gasteiger partial charge is 0.0651 e. The molecule has 0 spiro atoms. The van der Waals surface area contributed by atoms with Crippen LogP contribution in [0.2, 0.25) is 0 Å². The average molecular weight is 260 g/mol. The fourth-order valence-corrected chi connectivity index (χ4v) is 1.86. The van der Waals surface area contributed by atoms with Gasteiger partial charge in [0.25, 0.3) is 0 Å². The highest BCUT2D eigenvalue weighted by Crippen LogP contribution is 2.13. The molecular formula is C10H13I. The number of hydrogen-bond acceptors (Lipinski definition) is 0. The molecule has 0 saturated heterocycles. The highest BCUT2D eigenvalue weighted by Gasteiger charge is 1.96. The maximum Gasteiger partial charge on any atom is 0.0133 e. The first-order valence-electron chi connectivity index (χ1n) is 3.99.